The first-order chi connectivity index (χ1) is 9.05. The van der Waals surface area contributed by atoms with Crippen LogP contribution in [0.5, 0.6) is 0 Å². The Kier molecular flexibility index (Phi) is 4.94. The van der Waals surface area contributed by atoms with Crippen molar-refractivity contribution >= 4 is 23.2 Å². The first-order valence-corrected chi connectivity index (χ1v) is 7.28. The molecule has 1 unspecified atom stereocenters. The van der Waals surface area contributed by atoms with E-state index in [9.17, 15) is 9.59 Å². The highest BCUT2D eigenvalue weighted by Crippen LogP contribution is 2.30. The first kappa shape index (κ1) is 16.7. The molecule has 1 amide bonds. The van der Waals surface area contributed by atoms with Gasteiger partial charge in [-0.1, -0.05) is 6.07 Å². The van der Waals surface area contributed by atoms with E-state index in [4.69, 9.17) is 10.8 Å². The van der Waals surface area contributed by atoms with E-state index in [1.807, 2.05) is 17.5 Å². The van der Waals surface area contributed by atoms with E-state index in [2.05, 4.69) is 5.32 Å². The summed E-state index contributed by atoms with van der Waals surface area (Å²) >= 11 is 1.42. The quantitative estimate of drug-likeness (QED) is 0.750. The van der Waals surface area contributed by atoms with Crippen molar-refractivity contribution < 1.29 is 14.7 Å². The summed E-state index contributed by atoms with van der Waals surface area (Å²) in [5, 5.41) is 13.7. The van der Waals surface area contributed by atoms with Crippen molar-refractivity contribution in [2.75, 3.05) is 0 Å². The molecule has 1 heterocycles. The summed E-state index contributed by atoms with van der Waals surface area (Å²) in [5.74, 6) is -1.20. The van der Waals surface area contributed by atoms with Crippen LogP contribution in [-0.2, 0) is 9.59 Å². The van der Waals surface area contributed by atoms with Crippen LogP contribution in [0, 0.1) is 5.41 Å². The van der Waals surface area contributed by atoms with Gasteiger partial charge in [0.25, 0.3) is 0 Å². The number of hydrogen-bond acceptors (Lipinski definition) is 4. The molecule has 6 heteroatoms. The molecule has 0 radical (unpaired) electrons. The third kappa shape index (κ3) is 3.80. The molecule has 0 bridgehead atoms. The largest absolute Gasteiger partial charge is 0.481 e. The van der Waals surface area contributed by atoms with Gasteiger partial charge in [-0.3, -0.25) is 9.59 Å². The second-order valence-electron chi connectivity index (χ2n) is 5.99. The zero-order chi connectivity index (χ0) is 15.6. The van der Waals surface area contributed by atoms with E-state index in [-0.39, 0.29) is 12.3 Å². The molecular formula is C14H22N2O3S. The lowest BCUT2D eigenvalue weighted by Crippen LogP contribution is -2.56. The molecule has 1 rings (SSSR count). The van der Waals surface area contributed by atoms with Crippen LogP contribution in [0.3, 0.4) is 0 Å². The molecule has 0 aromatic carbocycles. The van der Waals surface area contributed by atoms with E-state index >= 15 is 0 Å². The highest BCUT2D eigenvalue weighted by Gasteiger charge is 2.41. The average molecular weight is 298 g/mol. The zero-order valence-electron chi connectivity index (χ0n) is 12.3. The summed E-state index contributed by atoms with van der Waals surface area (Å²) in [7, 11) is 0. The maximum Gasteiger partial charge on any atom is 0.305 e. The van der Waals surface area contributed by atoms with Crippen LogP contribution in [0.4, 0.5) is 0 Å². The molecule has 5 nitrogen and oxygen atoms in total. The first-order valence-electron chi connectivity index (χ1n) is 6.40. The van der Waals surface area contributed by atoms with Gasteiger partial charge in [-0.25, -0.2) is 0 Å². The summed E-state index contributed by atoms with van der Waals surface area (Å²) in [6, 6.07) is 3.12. The highest BCUT2D eigenvalue weighted by atomic mass is 32.1. The van der Waals surface area contributed by atoms with Gasteiger partial charge in [0.15, 0.2) is 0 Å². The van der Waals surface area contributed by atoms with Crippen LogP contribution in [-0.4, -0.2) is 22.5 Å². The number of nitrogens with two attached hydrogens (primary N) is 1. The Hall–Kier alpha value is -1.40. The van der Waals surface area contributed by atoms with Gasteiger partial charge in [-0.2, -0.15) is 0 Å². The van der Waals surface area contributed by atoms with Crippen LogP contribution in [0.25, 0.3) is 0 Å². The number of carbonyl (C=O) groups is 2. The van der Waals surface area contributed by atoms with Crippen LogP contribution >= 0.6 is 11.3 Å². The summed E-state index contributed by atoms with van der Waals surface area (Å²) < 4.78 is 0. The molecule has 0 spiro atoms. The third-order valence-electron chi connectivity index (χ3n) is 3.75. The summed E-state index contributed by atoms with van der Waals surface area (Å²) in [5.41, 5.74) is 4.52. The Bertz CT molecular complexity index is 475. The van der Waals surface area contributed by atoms with Gasteiger partial charge in [0.2, 0.25) is 5.91 Å². The standard InChI is InChI=1S/C14H22N2O3S/c1-13(2,14(3,4)15)12(19)16-9(8-11(17)18)10-6-5-7-20-10/h5-7,9H,8,15H2,1-4H3,(H,16,19)(H,17,18). The molecule has 112 valence electrons. The number of carboxylic acid groups (broad SMARTS) is 1. The second kappa shape index (κ2) is 5.93. The Morgan fingerprint density at radius 1 is 1.40 bits per heavy atom. The molecule has 0 aliphatic rings. The Morgan fingerprint density at radius 3 is 2.40 bits per heavy atom. The van der Waals surface area contributed by atoms with E-state index < -0.39 is 23.0 Å². The lowest BCUT2D eigenvalue weighted by molar-refractivity contribution is -0.138. The van der Waals surface area contributed by atoms with Gasteiger partial charge < -0.3 is 16.2 Å². The molecule has 0 saturated heterocycles. The molecule has 20 heavy (non-hydrogen) atoms. The van der Waals surface area contributed by atoms with E-state index in [0.717, 1.165) is 4.88 Å². The number of carbonyl (C=O) groups excluding carboxylic acids is 1. The number of rotatable bonds is 6. The zero-order valence-corrected chi connectivity index (χ0v) is 13.1. The minimum Gasteiger partial charge on any atom is -0.481 e. The fourth-order valence-corrected chi connectivity index (χ4v) is 2.30. The van der Waals surface area contributed by atoms with Gasteiger partial charge >= 0.3 is 5.97 Å². The Balaban J connectivity index is 2.91. The number of hydrogen-bond donors (Lipinski definition) is 3. The van der Waals surface area contributed by atoms with Gasteiger partial charge in [-0.15, -0.1) is 11.3 Å². The Labute approximate surface area is 123 Å². The van der Waals surface area contributed by atoms with Crippen LogP contribution in [0.2, 0.25) is 0 Å². The minimum absolute atomic E-state index is 0.146. The number of aliphatic carboxylic acids is 1. The maximum absolute atomic E-state index is 12.4. The van der Waals surface area contributed by atoms with Gasteiger partial charge in [0, 0.05) is 10.4 Å². The van der Waals surface area contributed by atoms with E-state index in [1.165, 1.54) is 11.3 Å². The molecule has 0 fully saturated rings. The van der Waals surface area contributed by atoms with E-state index in [1.54, 1.807) is 27.7 Å². The van der Waals surface area contributed by atoms with Crippen LogP contribution in [0.1, 0.15) is 45.0 Å². The van der Waals surface area contributed by atoms with Gasteiger partial charge in [0.1, 0.15) is 0 Å². The van der Waals surface area contributed by atoms with Crippen molar-refractivity contribution in [1.82, 2.24) is 5.32 Å². The summed E-state index contributed by atoms with van der Waals surface area (Å²) in [6.07, 6.45) is -0.146. The van der Waals surface area contributed by atoms with Gasteiger partial charge in [-0.05, 0) is 39.1 Å². The summed E-state index contributed by atoms with van der Waals surface area (Å²) in [4.78, 5) is 24.2. The molecule has 0 saturated carbocycles. The SMILES string of the molecule is CC(C)(N)C(C)(C)C(=O)NC(CC(=O)O)c1cccs1. The molecule has 1 aromatic rings. The molecule has 1 aromatic heterocycles. The molecule has 0 aliphatic carbocycles. The Morgan fingerprint density at radius 2 is 2.00 bits per heavy atom. The molecule has 4 N–H and O–H groups in total. The molecule has 1 atom stereocenters. The predicted octanol–water partition coefficient (Wildman–Crippen LogP) is 2.14. The highest BCUT2D eigenvalue weighted by molar-refractivity contribution is 7.10. The minimum atomic E-state index is -0.950. The fourth-order valence-electron chi connectivity index (χ4n) is 1.52. The van der Waals surface area contributed by atoms with Gasteiger partial charge in [0.05, 0.1) is 17.9 Å². The third-order valence-corrected chi connectivity index (χ3v) is 4.74. The lowest BCUT2D eigenvalue weighted by Gasteiger charge is -2.37. The van der Waals surface area contributed by atoms with Crippen molar-refractivity contribution in [3.63, 3.8) is 0 Å². The molecular weight excluding hydrogens is 276 g/mol. The van der Waals surface area contributed by atoms with Crippen molar-refractivity contribution in [3.05, 3.63) is 22.4 Å². The monoisotopic (exact) mass is 298 g/mol. The second-order valence-corrected chi connectivity index (χ2v) is 6.97. The summed E-state index contributed by atoms with van der Waals surface area (Å²) in [6.45, 7) is 7.08. The predicted molar refractivity (Wildman–Crippen MR) is 79.5 cm³/mol. The fraction of sp³-hybridized carbons (Fsp3) is 0.571. The maximum atomic E-state index is 12.4. The number of thiophene rings is 1. The average Bonchev–Trinajstić information content (AvgIpc) is 2.78. The van der Waals surface area contributed by atoms with Crippen LogP contribution < -0.4 is 11.1 Å². The van der Waals surface area contributed by atoms with Crippen molar-refractivity contribution in [2.45, 2.75) is 45.7 Å². The normalized spacial score (nSPS) is 13.8. The van der Waals surface area contributed by atoms with Crippen molar-refractivity contribution in [2.24, 2.45) is 11.1 Å². The number of nitrogens with one attached hydrogen (secondary N) is 1. The van der Waals surface area contributed by atoms with Crippen LogP contribution in [0.15, 0.2) is 17.5 Å². The number of carboxylic acids is 1. The molecule has 0 aliphatic heterocycles. The topological polar surface area (TPSA) is 92.4 Å². The van der Waals surface area contributed by atoms with Crippen molar-refractivity contribution in [3.8, 4) is 0 Å². The number of amides is 1. The van der Waals surface area contributed by atoms with Crippen molar-refractivity contribution in [1.29, 1.82) is 0 Å². The van der Waals surface area contributed by atoms with E-state index in [0.29, 0.717) is 0 Å². The smallest absolute Gasteiger partial charge is 0.305 e. The lowest BCUT2D eigenvalue weighted by atomic mass is 9.74.